The van der Waals surface area contributed by atoms with Crippen LogP contribution in [0.3, 0.4) is 0 Å². The maximum atomic E-state index is 10.0. The summed E-state index contributed by atoms with van der Waals surface area (Å²) < 4.78 is 0. The van der Waals surface area contributed by atoms with Crippen LogP contribution in [0.15, 0.2) is 58.8 Å². The molecule has 1 saturated carbocycles. The summed E-state index contributed by atoms with van der Waals surface area (Å²) in [6.45, 7) is 0. The second kappa shape index (κ2) is 7.91. The molecule has 1 fully saturated rings. The summed E-state index contributed by atoms with van der Waals surface area (Å²) in [5.74, 6) is 0.954. The highest BCUT2D eigenvalue weighted by molar-refractivity contribution is 5.53. The molecule has 0 aromatic heterocycles. The molecule has 0 spiro atoms. The van der Waals surface area contributed by atoms with Gasteiger partial charge >= 0.3 is 0 Å². The smallest absolute Gasteiger partial charge is 0.143 e. The molecular weight excluding hydrogens is 284 g/mol. The Morgan fingerprint density at radius 1 is 0.870 bits per heavy atom. The van der Waals surface area contributed by atoms with Crippen LogP contribution in [0.1, 0.15) is 44.1 Å². The maximum absolute atomic E-state index is 10.0. The van der Waals surface area contributed by atoms with Crippen LogP contribution in [0.2, 0.25) is 0 Å². The van der Waals surface area contributed by atoms with E-state index >= 15 is 0 Å². The van der Waals surface area contributed by atoms with Crippen LogP contribution in [-0.4, -0.2) is 5.11 Å². The highest BCUT2D eigenvalue weighted by atomic mass is 16.3. The lowest BCUT2D eigenvalue weighted by molar-refractivity contribution is 0.456. The van der Waals surface area contributed by atoms with Crippen LogP contribution in [0.4, 0.5) is 11.4 Å². The minimum atomic E-state index is 0.189. The summed E-state index contributed by atoms with van der Waals surface area (Å²) in [7, 11) is 0. The van der Waals surface area contributed by atoms with Crippen LogP contribution < -0.4 is 0 Å². The van der Waals surface area contributed by atoms with Gasteiger partial charge in [-0.1, -0.05) is 62.8 Å². The van der Waals surface area contributed by atoms with E-state index < -0.39 is 0 Å². The predicted octanol–water partition coefficient (Wildman–Crippen LogP) is 6.32. The first-order valence-corrected chi connectivity index (χ1v) is 8.60. The lowest BCUT2D eigenvalue weighted by atomic mass is 9.92. The lowest BCUT2D eigenvalue weighted by Gasteiger charge is -2.14. The number of phenols is 1. The Kier molecular flexibility index (Phi) is 5.41. The van der Waals surface area contributed by atoms with E-state index in [0.29, 0.717) is 5.69 Å². The predicted molar refractivity (Wildman–Crippen MR) is 93.6 cm³/mol. The van der Waals surface area contributed by atoms with Gasteiger partial charge in [0, 0.05) is 0 Å². The fourth-order valence-corrected chi connectivity index (χ4v) is 3.28. The van der Waals surface area contributed by atoms with Gasteiger partial charge in [0.2, 0.25) is 0 Å². The van der Waals surface area contributed by atoms with Crippen molar-refractivity contribution < 1.29 is 5.11 Å². The van der Waals surface area contributed by atoms with Crippen molar-refractivity contribution in [2.45, 2.75) is 44.9 Å². The van der Waals surface area contributed by atoms with Gasteiger partial charge in [0.05, 0.1) is 5.69 Å². The number of hydrogen-bond donors (Lipinski definition) is 1. The van der Waals surface area contributed by atoms with Gasteiger partial charge in [0.1, 0.15) is 11.4 Å². The van der Waals surface area contributed by atoms with Crippen molar-refractivity contribution in [1.82, 2.24) is 0 Å². The number of aromatic hydroxyl groups is 1. The Balaban J connectivity index is 1.72. The molecule has 2 aromatic carbocycles. The highest BCUT2D eigenvalue weighted by Crippen LogP contribution is 2.32. The van der Waals surface area contributed by atoms with Crippen LogP contribution in [0.25, 0.3) is 0 Å². The molecule has 3 heteroatoms. The first kappa shape index (κ1) is 15.7. The quantitative estimate of drug-likeness (QED) is 0.521. The second-order valence-electron chi connectivity index (χ2n) is 6.42. The van der Waals surface area contributed by atoms with Crippen molar-refractivity contribution in [2.24, 2.45) is 16.1 Å². The maximum Gasteiger partial charge on any atom is 0.143 e. The van der Waals surface area contributed by atoms with Gasteiger partial charge in [-0.3, -0.25) is 0 Å². The molecule has 0 bridgehead atoms. The molecule has 1 N–H and O–H groups in total. The molecule has 2 aromatic rings. The molecule has 1 aliphatic rings. The first-order chi connectivity index (χ1) is 11.3. The van der Waals surface area contributed by atoms with E-state index in [0.717, 1.165) is 18.0 Å². The molecule has 0 aliphatic heterocycles. The van der Waals surface area contributed by atoms with E-state index in [1.807, 2.05) is 42.5 Å². The van der Waals surface area contributed by atoms with E-state index in [9.17, 15) is 5.11 Å². The lowest BCUT2D eigenvalue weighted by Crippen LogP contribution is -2.02. The number of phenolic OH excluding ortho intramolecular Hbond substituents is 1. The number of rotatable bonds is 4. The Morgan fingerprint density at radius 2 is 1.61 bits per heavy atom. The molecule has 0 unspecified atom stereocenters. The minimum absolute atomic E-state index is 0.189. The molecule has 3 rings (SSSR count). The zero-order valence-electron chi connectivity index (χ0n) is 13.5. The monoisotopic (exact) mass is 308 g/mol. The average molecular weight is 308 g/mol. The summed E-state index contributed by atoms with van der Waals surface area (Å²) in [5, 5.41) is 18.4. The van der Waals surface area contributed by atoms with Crippen molar-refractivity contribution in [3.8, 4) is 5.75 Å². The van der Waals surface area contributed by atoms with E-state index in [2.05, 4.69) is 10.2 Å². The fourth-order valence-electron chi connectivity index (χ4n) is 3.28. The third-order valence-corrected chi connectivity index (χ3v) is 4.57. The molecule has 120 valence electrons. The first-order valence-electron chi connectivity index (χ1n) is 8.60. The van der Waals surface area contributed by atoms with Gasteiger partial charge in [-0.25, -0.2) is 0 Å². The SMILES string of the molecule is Oc1ccc(CC2CCCCCC2)cc1N=Nc1ccccc1. The molecule has 0 radical (unpaired) electrons. The van der Waals surface area contributed by atoms with E-state index in [4.69, 9.17) is 0 Å². The highest BCUT2D eigenvalue weighted by Gasteiger charge is 2.13. The van der Waals surface area contributed by atoms with Crippen molar-refractivity contribution in [3.05, 3.63) is 54.1 Å². The van der Waals surface area contributed by atoms with Gasteiger partial charge in [-0.15, -0.1) is 5.11 Å². The van der Waals surface area contributed by atoms with Gasteiger partial charge in [0.15, 0.2) is 0 Å². The number of nitrogens with zero attached hydrogens (tertiary/aromatic N) is 2. The van der Waals surface area contributed by atoms with Crippen molar-refractivity contribution >= 4 is 11.4 Å². The van der Waals surface area contributed by atoms with Crippen molar-refractivity contribution in [2.75, 3.05) is 0 Å². The Hall–Kier alpha value is -2.16. The van der Waals surface area contributed by atoms with Crippen LogP contribution in [-0.2, 0) is 6.42 Å². The van der Waals surface area contributed by atoms with E-state index in [1.54, 1.807) is 6.07 Å². The topological polar surface area (TPSA) is 45.0 Å². The third-order valence-electron chi connectivity index (χ3n) is 4.57. The van der Waals surface area contributed by atoms with Crippen molar-refractivity contribution in [1.29, 1.82) is 0 Å². The summed E-state index contributed by atoms with van der Waals surface area (Å²) in [5.41, 5.74) is 2.60. The summed E-state index contributed by atoms with van der Waals surface area (Å²) in [6.07, 6.45) is 9.18. The molecular formula is C20H24N2O. The Morgan fingerprint density at radius 3 is 2.35 bits per heavy atom. The van der Waals surface area contributed by atoms with Crippen molar-refractivity contribution in [3.63, 3.8) is 0 Å². The molecule has 0 saturated heterocycles. The third kappa shape index (κ3) is 4.65. The number of hydrogen-bond acceptors (Lipinski definition) is 3. The number of benzene rings is 2. The van der Waals surface area contributed by atoms with Gasteiger partial charge < -0.3 is 5.11 Å². The minimum Gasteiger partial charge on any atom is -0.506 e. The fraction of sp³-hybridized carbons (Fsp3) is 0.400. The van der Waals surface area contributed by atoms with Gasteiger partial charge in [-0.05, 0) is 42.2 Å². The van der Waals surface area contributed by atoms with E-state index in [-0.39, 0.29) is 5.75 Å². The largest absolute Gasteiger partial charge is 0.506 e. The standard InChI is InChI=1S/C20H24N2O/c23-20-13-12-17(14-16-8-4-1-2-5-9-16)15-19(20)22-21-18-10-6-3-7-11-18/h3,6-7,10-13,15-16,23H,1-2,4-5,8-9,14H2. The van der Waals surface area contributed by atoms with E-state index in [1.165, 1.54) is 44.1 Å². The Bertz CT molecular complexity index is 644. The van der Waals surface area contributed by atoms with Gasteiger partial charge in [-0.2, -0.15) is 5.11 Å². The summed E-state index contributed by atoms with van der Waals surface area (Å²) in [6, 6.07) is 15.3. The average Bonchev–Trinajstić information content (AvgIpc) is 2.85. The molecule has 1 aliphatic carbocycles. The van der Waals surface area contributed by atoms with Gasteiger partial charge in [0.25, 0.3) is 0 Å². The van der Waals surface area contributed by atoms with Crippen LogP contribution >= 0.6 is 0 Å². The second-order valence-corrected chi connectivity index (χ2v) is 6.42. The molecule has 0 atom stereocenters. The molecule has 3 nitrogen and oxygen atoms in total. The molecule has 0 heterocycles. The van der Waals surface area contributed by atoms with Crippen LogP contribution in [0, 0.1) is 5.92 Å². The summed E-state index contributed by atoms with van der Waals surface area (Å²) in [4.78, 5) is 0. The normalized spacial score (nSPS) is 16.5. The molecule has 0 amide bonds. The zero-order chi connectivity index (χ0) is 15.9. The Labute approximate surface area is 138 Å². The van der Waals surface area contributed by atoms with Crippen LogP contribution in [0.5, 0.6) is 5.75 Å². The number of azo groups is 1. The molecule has 23 heavy (non-hydrogen) atoms. The summed E-state index contributed by atoms with van der Waals surface area (Å²) >= 11 is 0. The zero-order valence-corrected chi connectivity index (χ0v) is 13.5.